The van der Waals surface area contributed by atoms with Crippen molar-refractivity contribution in [3.63, 3.8) is 0 Å². The first kappa shape index (κ1) is 15.7. The van der Waals surface area contributed by atoms with Gasteiger partial charge in [-0.2, -0.15) is 0 Å². The highest BCUT2D eigenvalue weighted by Crippen LogP contribution is 2.35. The van der Waals surface area contributed by atoms with Gasteiger partial charge in [0.2, 0.25) is 0 Å². The number of rotatable bonds is 2. The fourth-order valence-electron chi connectivity index (χ4n) is 2.78. The molecule has 3 heterocycles. The maximum atomic E-state index is 13.0. The number of nitrogens with zero attached hydrogens (tertiary/aromatic N) is 4. The number of carbonyl (C=O) groups is 1. The third-order valence-corrected chi connectivity index (χ3v) is 4.79. The second kappa shape index (κ2) is 6.25. The molecule has 0 saturated carbocycles. The third kappa shape index (κ3) is 2.98. The highest BCUT2D eigenvalue weighted by Gasteiger charge is 2.29. The topological polar surface area (TPSA) is 68.2 Å². The minimum atomic E-state index is -0.133. The minimum Gasteiger partial charge on any atom is -0.487 e. The number of hydrogen-bond acceptors (Lipinski definition) is 6. The average Bonchev–Trinajstić information content (AvgIpc) is 3.11. The van der Waals surface area contributed by atoms with E-state index >= 15 is 0 Å². The van der Waals surface area contributed by atoms with Gasteiger partial charge in [0.15, 0.2) is 0 Å². The van der Waals surface area contributed by atoms with Crippen molar-refractivity contribution in [2.24, 2.45) is 0 Å². The van der Waals surface area contributed by atoms with Gasteiger partial charge in [-0.1, -0.05) is 6.07 Å². The van der Waals surface area contributed by atoms with Crippen molar-refractivity contribution in [1.82, 2.24) is 15.0 Å². The molecular formula is C18H16N4O2S. The number of hydrogen-bond donors (Lipinski definition) is 0. The summed E-state index contributed by atoms with van der Waals surface area (Å²) in [5.41, 5.74) is 2.95. The molecule has 1 aliphatic heterocycles. The van der Waals surface area contributed by atoms with Gasteiger partial charge in [0.25, 0.3) is 5.91 Å². The van der Waals surface area contributed by atoms with E-state index < -0.39 is 0 Å². The van der Waals surface area contributed by atoms with Crippen LogP contribution in [-0.2, 0) is 0 Å². The molecule has 6 nitrogen and oxygen atoms in total. The number of fused-ring (bicyclic) bond motifs is 1. The Balaban J connectivity index is 1.67. The van der Waals surface area contributed by atoms with E-state index in [0.29, 0.717) is 22.9 Å². The molecule has 0 spiro atoms. The molecule has 1 unspecified atom stereocenters. The molecule has 0 N–H and O–H groups in total. The predicted molar refractivity (Wildman–Crippen MR) is 96.1 cm³/mol. The first-order valence-corrected chi connectivity index (χ1v) is 8.81. The minimum absolute atomic E-state index is 0.0728. The predicted octanol–water partition coefficient (Wildman–Crippen LogP) is 3.34. The van der Waals surface area contributed by atoms with Crippen molar-refractivity contribution in [3.05, 3.63) is 53.4 Å². The molecule has 126 valence electrons. The fourth-order valence-corrected chi connectivity index (χ4v) is 3.53. The summed E-state index contributed by atoms with van der Waals surface area (Å²) in [4.78, 5) is 27.5. The van der Waals surface area contributed by atoms with Crippen LogP contribution < -0.4 is 9.64 Å². The molecule has 0 saturated heterocycles. The quantitative estimate of drug-likeness (QED) is 0.707. The van der Waals surface area contributed by atoms with E-state index in [-0.39, 0.29) is 12.0 Å². The molecule has 1 aromatic carbocycles. The lowest BCUT2D eigenvalue weighted by Gasteiger charge is -2.33. The van der Waals surface area contributed by atoms with Crippen LogP contribution in [0.2, 0.25) is 0 Å². The summed E-state index contributed by atoms with van der Waals surface area (Å²) < 4.78 is 5.87. The second-order valence-corrected chi connectivity index (χ2v) is 6.80. The molecule has 0 radical (unpaired) electrons. The maximum Gasteiger partial charge on any atom is 0.278 e. The third-order valence-electron chi connectivity index (χ3n) is 3.92. The normalized spacial score (nSPS) is 16.2. The van der Waals surface area contributed by atoms with Gasteiger partial charge in [-0.15, -0.1) is 11.3 Å². The molecule has 25 heavy (non-hydrogen) atoms. The van der Waals surface area contributed by atoms with Crippen molar-refractivity contribution >= 4 is 22.9 Å². The summed E-state index contributed by atoms with van der Waals surface area (Å²) in [6, 6.07) is 5.85. The molecule has 1 amide bonds. The van der Waals surface area contributed by atoms with E-state index in [1.807, 2.05) is 32.0 Å². The molecule has 1 atom stereocenters. The lowest BCUT2D eigenvalue weighted by molar-refractivity contribution is 0.0957. The van der Waals surface area contributed by atoms with E-state index in [9.17, 15) is 4.79 Å². The Morgan fingerprint density at radius 2 is 2.24 bits per heavy atom. The summed E-state index contributed by atoms with van der Waals surface area (Å²) >= 11 is 1.39. The Morgan fingerprint density at radius 3 is 3.04 bits per heavy atom. The van der Waals surface area contributed by atoms with Crippen LogP contribution in [0, 0.1) is 6.92 Å². The van der Waals surface area contributed by atoms with Crippen molar-refractivity contribution in [2.45, 2.75) is 20.0 Å². The van der Waals surface area contributed by atoms with Crippen LogP contribution in [0.25, 0.3) is 10.7 Å². The number of thiazole rings is 1. The van der Waals surface area contributed by atoms with Crippen LogP contribution in [0.4, 0.5) is 5.69 Å². The van der Waals surface area contributed by atoms with Crippen molar-refractivity contribution < 1.29 is 9.53 Å². The molecule has 0 bridgehead atoms. The van der Waals surface area contributed by atoms with Gasteiger partial charge in [0.05, 0.1) is 18.4 Å². The zero-order chi connectivity index (χ0) is 17.4. The number of ether oxygens (including phenoxy) is 1. The molecule has 0 fully saturated rings. The molecule has 4 rings (SSSR count). The Kier molecular flexibility index (Phi) is 3.93. The first-order valence-electron chi connectivity index (χ1n) is 7.93. The highest BCUT2D eigenvalue weighted by atomic mass is 32.1. The molecule has 1 aliphatic rings. The fraction of sp³-hybridized carbons (Fsp3) is 0.222. The van der Waals surface area contributed by atoms with E-state index in [2.05, 4.69) is 15.0 Å². The van der Waals surface area contributed by atoms with E-state index in [0.717, 1.165) is 17.0 Å². The van der Waals surface area contributed by atoms with E-state index in [4.69, 9.17) is 4.74 Å². The van der Waals surface area contributed by atoms with Gasteiger partial charge in [0, 0.05) is 17.8 Å². The molecule has 3 aromatic rings. The van der Waals surface area contributed by atoms with Crippen molar-refractivity contribution in [1.29, 1.82) is 0 Å². The second-order valence-electron chi connectivity index (χ2n) is 5.94. The smallest absolute Gasteiger partial charge is 0.278 e. The van der Waals surface area contributed by atoms with Gasteiger partial charge < -0.3 is 4.74 Å². The number of aryl methyl sites for hydroxylation is 1. The molecular weight excluding hydrogens is 336 g/mol. The van der Waals surface area contributed by atoms with Crippen molar-refractivity contribution in [3.8, 4) is 16.5 Å². The van der Waals surface area contributed by atoms with E-state index in [1.165, 1.54) is 11.3 Å². The lowest BCUT2D eigenvalue weighted by Crippen LogP contribution is -2.42. The number of aromatic nitrogens is 3. The first-order chi connectivity index (χ1) is 12.1. The monoisotopic (exact) mass is 352 g/mol. The summed E-state index contributed by atoms with van der Waals surface area (Å²) in [6.45, 7) is 4.45. The van der Waals surface area contributed by atoms with Crippen molar-refractivity contribution in [2.75, 3.05) is 11.4 Å². The summed E-state index contributed by atoms with van der Waals surface area (Å²) in [5.74, 6) is 0.600. The summed E-state index contributed by atoms with van der Waals surface area (Å²) in [5, 5.41) is 2.45. The standard InChI is InChI=1S/C18H16N4O2S/c1-11-3-4-15-16(7-11)24-12(2)9-22(15)18(23)14-10-25-17(21-14)13-8-19-5-6-20-13/h3-8,10,12H,9H2,1-2H3. The Morgan fingerprint density at radius 1 is 1.36 bits per heavy atom. The van der Waals surface area contributed by atoms with Crippen LogP contribution in [0.1, 0.15) is 23.0 Å². The van der Waals surface area contributed by atoms with Gasteiger partial charge in [-0.25, -0.2) is 4.98 Å². The van der Waals surface area contributed by atoms with Gasteiger partial charge in [0.1, 0.15) is 28.2 Å². The maximum absolute atomic E-state index is 13.0. The van der Waals surface area contributed by atoms with E-state index in [1.54, 1.807) is 28.9 Å². The number of carbonyl (C=O) groups excluding carboxylic acids is 1. The number of anilines is 1. The summed E-state index contributed by atoms with van der Waals surface area (Å²) in [6.07, 6.45) is 4.79. The highest BCUT2D eigenvalue weighted by molar-refractivity contribution is 7.13. The lowest BCUT2D eigenvalue weighted by atomic mass is 10.1. The van der Waals surface area contributed by atoms with Gasteiger partial charge in [-0.05, 0) is 31.5 Å². The summed E-state index contributed by atoms with van der Waals surface area (Å²) in [7, 11) is 0. The van der Waals surface area contributed by atoms with Crippen LogP contribution in [0.3, 0.4) is 0 Å². The van der Waals surface area contributed by atoms with Gasteiger partial charge in [-0.3, -0.25) is 19.7 Å². The number of amides is 1. The zero-order valence-corrected chi connectivity index (χ0v) is 14.7. The SMILES string of the molecule is Cc1ccc2c(c1)OC(C)CN2C(=O)c1csc(-c2cnccn2)n1. The molecule has 7 heteroatoms. The molecule has 0 aliphatic carbocycles. The largest absolute Gasteiger partial charge is 0.487 e. The van der Waals surface area contributed by atoms with Crippen LogP contribution in [-0.4, -0.2) is 33.5 Å². The Bertz CT molecular complexity index is 926. The van der Waals surface area contributed by atoms with Crippen LogP contribution >= 0.6 is 11.3 Å². The molecule has 2 aromatic heterocycles. The Hall–Kier alpha value is -2.80. The van der Waals surface area contributed by atoms with Crippen LogP contribution in [0.15, 0.2) is 42.2 Å². The average molecular weight is 352 g/mol. The number of benzene rings is 1. The van der Waals surface area contributed by atoms with Gasteiger partial charge >= 0.3 is 0 Å². The Labute approximate surface area is 149 Å². The van der Waals surface area contributed by atoms with Crippen LogP contribution in [0.5, 0.6) is 5.75 Å². The zero-order valence-electron chi connectivity index (χ0n) is 13.8.